The number of phenols is 1. The molecule has 0 bridgehead atoms. The Labute approximate surface area is 118 Å². The van der Waals surface area contributed by atoms with Crippen molar-refractivity contribution in [2.45, 2.75) is 49.9 Å². The number of phenolic OH excluding ortho intramolecular Hbond substituents is 1. The maximum Gasteiger partial charge on any atom is 0.123 e. The minimum absolute atomic E-state index is 0.0338. The molecule has 0 aromatic heterocycles. The van der Waals surface area contributed by atoms with Crippen LogP contribution < -0.4 is 5.32 Å². The third kappa shape index (κ3) is 3.63. The first kappa shape index (κ1) is 14.7. The lowest BCUT2D eigenvalue weighted by atomic mass is 9.93. The van der Waals surface area contributed by atoms with Gasteiger partial charge in [0.2, 0.25) is 0 Å². The van der Waals surface area contributed by atoms with Crippen molar-refractivity contribution in [2.75, 3.05) is 6.26 Å². The lowest BCUT2D eigenvalue weighted by molar-refractivity contribution is 0.350. The monoisotopic (exact) mass is 283 g/mol. The van der Waals surface area contributed by atoms with E-state index in [-0.39, 0.29) is 17.6 Å². The molecule has 1 saturated carbocycles. The molecule has 1 aliphatic carbocycles. The maximum atomic E-state index is 13.3. The maximum absolute atomic E-state index is 13.3. The topological polar surface area (TPSA) is 32.3 Å². The third-order valence-corrected chi connectivity index (χ3v) is 5.10. The van der Waals surface area contributed by atoms with Crippen LogP contribution >= 0.6 is 11.8 Å². The van der Waals surface area contributed by atoms with Crippen molar-refractivity contribution >= 4 is 11.8 Å². The fraction of sp³-hybridized carbons (Fsp3) is 0.600. The van der Waals surface area contributed by atoms with E-state index in [9.17, 15) is 9.50 Å². The summed E-state index contributed by atoms with van der Waals surface area (Å²) in [6.45, 7) is 1.99. The molecule has 1 fully saturated rings. The second-order valence-corrected chi connectivity index (χ2v) is 6.33. The first-order chi connectivity index (χ1) is 9.11. The first-order valence-corrected chi connectivity index (χ1v) is 8.18. The quantitative estimate of drug-likeness (QED) is 0.880. The van der Waals surface area contributed by atoms with Crippen LogP contribution in [-0.4, -0.2) is 22.7 Å². The molecule has 2 nitrogen and oxygen atoms in total. The van der Waals surface area contributed by atoms with E-state index in [0.717, 1.165) is 6.42 Å². The van der Waals surface area contributed by atoms with Crippen molar-refractivity contribution in [3.63, 3.8) is 0 Å². The van der Waals surface area contributed by atoms with Crippen LogP contribution in [0.3, 0.4) is 0 Å². The molecule has 19 heavy (non-hydrogen) atoms. The van der Waals surface area contributed by atoms with E-state index >= 15 is 0 Å². The summed E-state index contributed by atoms with van der Waals surface area (Å²) < 4.78 is 13.3. The Hall–Kier alpha value is -0.740. The van der Waals surface area contributed by atoms with Crippen molar-refractivity contribution in [3.05, 3.63) is 29.6 Å². The first-order valence-electron chi connectivity index (χ1n) is 6.89. The summed E-state index contributed by atoms with van der Waals surface area (Å²) in [6, 6.07) is 4.55. The SMILES string of the molecule is CSC1CCCCC1NC(C)c1cc(F)ccc1O. The number of nitrogens with one attached hydrogen (secondary N) is 1. The Morgan fingerprint density at radius 2 is 2.11 bits per heavy atom. The van der Waals surface area contributed by atoms with Gasteiger partial charge in [0.05, 0.1) is 0 Å². The second-order valence-electron chi connectivity index (χ2n) is 5.26. The van der Waals surface area contributed by atoms with E-state index < -0.39 is 0 Å². The van der Waals surface area contributed by atoms with E-state index in [1.54, 1.807) is 0 Å². The standard InChI is InChI=1S/C15H22FNOS/c1-10(12-9-11(16)7-8-14(12)18)17-13-5-3-4-6-15(13)19-2/h7-10,13,15,17-18H,3-6H2,1-2H3. The van der Waals surface area contributed by atoms with Crippen molar-refractivity contribution < 1.29 is 9.50 Å². The summed E-state index contributed by atoms with van der Waals surface area (Å²) in [5.74, 6) is -0.135. The van der Waals surface area contributed by atoms with Crippen molar-refractivity contribution in [1.82, 2.24) is 5.32 Å². The van der Waals surface area contributed by atoms with Crippen LogP contribution in [0, 0.1) is 5.82 Å². The Morgan fingerprint density at radius 3 is 2.84 bits per heavy atom. The Bertz CT molecular complexity index is 427. The Balaban J connectivity index is 2.07. The van der Waals surface area contributed by atoms with E-state index in [0.29, 0.717) is 16.9 Å². The molecule has 1 aromatic rings. The van der Waals surface area contributed by atoms with Crippen LogP contribution in [0.25, 0.3) is 0 Å². The Kier molecular flexibility index (Phi) is 5.11. The molecule has 2 N–H and O–H groups in total. The summed E-state index contributed by atoms with van der Waals surface area (Å²) in [7, 11) is 0. The third-order valence-electron chi connectivity index (χ3n) is 3.93. The van der Waals surface area contributed by atoms with Gasteiger partial charge in [-0.1, -0.05) is 12.8 Å². The number of hydrogen-bond donors (Lipinski definition) is 2. The highest BCUT2D eigenvalue weighted by atomic mass is 32.2. The van der Waals surface area contributed by atoms with Gasteiger partial charge in [0, 0.05) is 22.9 Å². The van der Waals surface area contributed by atoms with E-state index in [2.05, 4.69) is 11.6 Å². The lowest BCUT2D eigenvalue weighted by Crippen LogP contribution is -2.41. The largest absolute Gasteiger partial charge is 0.508 e. The average Bonchev–Trinajstić information content (AvgIpc) is 2.42. The molecule has 1 aromatic carbocycles. The highest BCUT2D eigenvalue weighted by Crippen LogP contribution is 2.31. The van der Waals surface area contributed by atoms with Crippen molar-refractivity contribution in [3.8, 4) is 5.75 Å². The molecule has 0 amide bonds. The zero-order valence-corrected chi connectivity index (χ0v) is 12.3. The summed E-state index contributed by atoms with van der Waals surface area (Å²) >= 11 is 1.90. The van der Waals surface area contributed by atoms with Gasteiger partial charge < -0.3 is 10.4 Å². The molecule has 2 rings (SSSR count). The van der Waals surface area contributed by atoms with E-state index in [1.165, 1.54) is 37.5 Å². The van der Waals surface area contributed by atoms with Crippen LogP contribution in [0.4, 0.5) is 4.39 Å². The van der Waals surface area contributed by atoms with Crippen molar-refractivity contribution in [2.24, 2.45) is 0 Å². The molecule has 0 spiro atoms. The molecule has 0 saturated heterocycles. The molecule has 0 heterocycles. The molecule has 1 aliphatic rings. The van der Waals surface area contributed by atoms with Gasteiger partial charge >= 0.3 is 0 Å². The van der Waals surface area contributed by atoms with Crippen LogP contribution in [0.1, 0.15) is 44.2 Å². The fourth-order valence-corrected chi connectivity index (χ4v) is 3.80. The molecule has 106 valence electrons. The lowest BCUT2D eigenvalue weighted by Gasteiger charge is -2.33. The minimum atomic E-state index is -0.300. The number of hydrogen-bond acceptors (Lipinski definition) is 3. The summed E-state index contributed by atoms with van der Waals surface area (Å²) in [5.41, 5.74) is 0.644. The van der Waals surface area contributed by atoms with Crippen LogP contribution in [0.15, 0.2) is 18.2 Å². The van der Waals surface area contributed by atoms with Crippen LogP contribution in [-0.2, 0) is 0 Å². The van der Waals surface area contributed by atoms with Gasteiger partial charge in [0.1, 0.15) is 11.6 Å². The molecule has 0 aliphatic heterocycles. The zero-order valence-electron chi connectivity index (χ0n) is 11.5. The smallest absolute Gasteiger partial charge is 0.123 e. The van der Waals surface area contributed by atoms with Crippen LogP contribution in [0.5, 0.6) is 5.75 Å². The normalized spacial score (nSPS) is 25.2. The van der Waals surface area contributed by atoms with Gasteiger partial charge in [0.15, 0.2) is 0 Å². The van der Waals surface area contributed by atoms with Gasteiger partial charge in [-0.25, -0.2) is 4.39 Å². The second kappa shape index (κ2) is 6.62. The number of aromatic hydroxyl groups is 1. The predicted octanol–water partition coefficient (Wildman–Crippen LogP) is 3.86. The Morgan fingerprint density at radius 1 is 1.37 bits per heavy atom. The van der Waals surface area contributed by atoms with Crippen molar-refractivity contribution in [1.29, 1.82) is 0 Å². The molecule has 3 unspecified atom stereocenters. The number of rotatable bonds is 4. The zero-order chi connectivity index (χ0) is 13.8. The van der Waals surface area contributed by atoms with Crippen LogP contribution in [0.2, 0.25) is 0 Å². The number of thioether (sulfide) groups is 1. The van der Waals surface area contributed by atoms with Gasteiger partial charge in [-0.15, -0.1) is 0 Å². The van der Waals surface area contributed by atoms with Gasteiger partial charge in [0.25, 0.3) is 0 Å². The molecule has 0 radical (unpaired) electrons. The molecule has 3 atom stereocenters. The number of benzene rings is 1. The van der Waals surface area contributed by atoms with Gasteiger partial charge in [-0.2, -0.15) is 11.8 Å². The fourth-order valence-electron chi connectivity index (χ4n) is 2.85. The highest BCUT2D eigenvalue weighted by Gasteiger charge is 2.26. The summed E-state index contributed by atoms with van der Waals surface area (Å²) in [5, 5.41) is 14.0. The number of halogens is 1. The van der Waals surface area contributed by atoms with Gasteiger partial charge in [-0.3, -0.25) is 0 Å². The highest BCUT2D eigenvalue weighted by molar-refractivity contribution is 7.99. The summed E-state index contributed by atoms with van der Waals surface area (Å²) in [6.07, 6.45) is 7.08. The average molecular weight is 283 g/mol. The molecular weight excluding hydrogens is 261 g/mol. The predicted molar refractivity (Wildman–Crippen MR) is 79.2 cm³/mol. The van der Waals surface area contributed by atoms with Gasteiger partial charge in [-0.05, 0) is 44.2 Å². The minimum Gasteiger partial charge on any atom is -0.508 e. The molecular formula is C15H22FNOS. The molecule has 4 heteroatoms. The summed E-state index contributed by atoms with van der Waals surface area (Å²) in [4.78, 5) is 0. The van der Waals surface area contributed by atoms with E-state index in [1.807, 2.05) is 18.7 Å². The van der Waals surface area contributed by atoms with E-state index in [4.69, 9.17) is 0 Å².